The number of pyridine rings is 1. The van der Waals surface area contributed by atoms with Crippen LogP contribution in [-0.4, -0.2) is 38.2 Å². The number of anilines is 1. The molecule has 2 aromatic rings. The SMILES string of the molecule is COc1ccc(CCNCC(=O)Nc2c3c(nc4c2CCC4)CCCC3)cc1OC. The molecule has 0 spiro atoms. The van der Waals surface area contributed by atoms with Gasteiger partial charge in [-0.3, -0.25) is 9.78 Å². The van der Waals surface area contributed by atoms with Crippen molar-refractivity contribution in [3.8, 4) is 11.5 Å². The maximum absolute atomic E-state index is 12.7. The molecule has 0 unspecified atom stereocenters. The van der Waals surface area contributed by atoms with E-state index >= 15 is 0 Å². The Kier molecular flexibility index (Phi) is 6.53. The minimum absolute atomic E-state index is 0.0235. The van der Waals surface area contributed by atoms with Crippen molar-refractivity contribution in [1.29, 1.82) is 0 Å². The second-order valence-corrected chi connectivity index (χ2v) is 8.06. The Morgan fingerprint density at radius 2 is 1.67 bits per heavy atom. The Morgan fingerprint density at radius 3 is 2.43 bits per heavy atom. The highest BCUT2D eigenvalue weighted by molar-refractivity contribution is 5.94. The summed E-state index contributed by atoms with van der Waals surface area (Å²) in [7, 11) is 3.27. The minimum atomic E-state index is 0.0235. The first-order valence-corrected chi connectivity index (χ1v) is 10.9. The first-order valence-electron chi connectivity index (χ1n) is 10.9. The van der Waals surface area contributed by atoms with Gasteiger partial charge in [-0.25, -0.2) is 0 Å². The fourth-order valence-electron chi connectivity index (χ4n) is 4.55. The van der Waals surface area contributed by atoms with Crippen LogP contribution in [0.2, 0.25) is 0 Å². The van der Waals surface area contributed by atoms with Gasteiger partial charge in [0.15, 0.2) is 11.5 Å². The van der Waals surface area contributed by atoms with E-state index in [0.717, 1.165) is 67.8 Å². The molecule has 4 rings (SSSR count). The highest BCUT2D eigenvalue weighted by atomic mass is 16.5. The van der Waals surface area contributed by atoms with Gasteiger partial charge in [0, 0.05) is 11.4 Å². The quantitative estimate of drug-likeness (QED) is 0.655. The fourth-order valence-corrected chi connectivity index (χ4v) is 4.55. The molecule has 0 saturated carbocycles. The van der Waals surface area contributed by atoms with Crippen LogP contribution in [0.1, 0.15) is 47.3 Å². The van der Waals surface area contributed by atoms with Crippen molar-refractivity contribution in [2.45, 2.75) is 51.4 Å². The molecule has 1 heterocycles. The molecule has 1 aromatic carbocycles. The number of rotatable bonds is 8. The number of benzene rings is 1. The van der Waals surface area contributed by atoms with E-state index in [1.54, 1.807) is 14.2 Å². The molecule has 1 amide bonds. The van der Waals surface area contributed by atoms with Gasteiger partial charge in [0.1, 0.15) is 0 Å². The molecule has 160 valence electrons. The van der Waals surface area contributed by atoms with Crippen LogP contribution in [0.4, 0.5) is 5.69 Å². The van der Waals surface area contributed by atoms with Gasteiger partial charge < -0.3 is 20.1 Å². The Labute approximate surface area is 178 Å². The summed E-state index contributed by atoms with van der Waals surface area (Å²) < 4.78 is 10.6. The number of carbonyl (C=O) groups excluding carboxylic acids is 1. The van der Waals surface area contributed by atoms with Crippen LogP contribution in [-0.2, 0) is 36.9 Å². The van der Waals surface area contributed by atoms with Crippen molar-refractivity contribution in [2.75, 3.05) is 32.6 Å². The molecule has 2 N–H and O–H groups in total. The van der Waals surface area contributed by atoms with Crippen LogP contribution in [0.25, 0.3) is 0 Å². The molecule has 2 aliphatic carbocycles. The highest BCUT2D eigenvalue weighted by Crippen LogP contribution is 2.35. The third-order valence-electron chi connectivity index (χ3n) is 6.09. The summed E-state index contributed by atoms with van der Waals surface area (Å²) >= 11 is 0. The van der Waals surface area contributed by atoms with Gasteiger partial charge in [-0.2, -0.15) is 0 Å². The topological polar surface area (TPSA) is 72.5 Å². The number of carbonyl (C=O) groups is 1. The number of methoxy groups -OCH3 is 2. The lowest BCUT2D eigenvalue weighted by atomic mass is 9.92. The van der Waals surface area contributed by atoms with Gasteiger partial charge in [0.05, 0.1) is 26.5 Å². The van der Waals surface area contributed by atoms with Crippen LogP contribution in [0.3, 0.4) is 0 Å². The summed E-state index contributed by atoms with van der Waals surface area (Å²) in [6, 6.07) is 5.91. The monoisotopic (exact) mass is 409 g/mol. The summed E-state index contributed by atoms with van der Waals surface area (Å²) in [5.74, 6) is 1.47. The van der Waals surface area contributed by atoms with E-state index in [9.17, 15) is 4.79 Å². The van der Waals surface area contributed by atoms with Gasteiger partial charge in [-0.05, 0) is 86.7 Å². The number of ether oxygens (including phenoxy) is 2. The summed E-state index contributed by atoms with van der Waals surface area (Å²) in [6.45, 7) is 1.02. The van der Waals surface area contributed by atoms with Crippen molar-refractivity contribution in [1.82, 2.24) is 10.3 Å². The maximum atomic E-state index is 12.7. The third-order valence-corrected chi connectivity index (χ3v) is 6.09. The highest BCUT2D eigenvalue weighted by Gasteiger charge is 2.25. The molecule has 6 heteroatoms. The Hall–Kier alpha value is -2.60. The molecule has 30 heavy (non-hydrogen) atoms. The molecule has 0 saturated heterocycles. The maximum Gasteiger partial charge on any atom is 0.238 e. The van der Waals surface area contributed by atoms with E-state index in [-0.39, 0.29) is 5.91 Å². The van der Waals surface area contributed by atoms with E-state index in [0.29, 0.717) is 6.54 Å². The minimum Gasteiger partial charge on any atom is -0.493 e. The number of nitrogens with zero attached hydrogens (tertiary/aromatic N) is 1. The molecular formula is C24H31N3O3. The van der Waals surface area contributed by atoms with E-state index in [1.807, 2.05) is 18.2 Å². The molecule has 6 nitrogen and oxygen atoms in total. The predicted molar refractivity (Wildman–Crippen MR) is 118 cm³/mol. The summed E-state index contributed by atoms with van der Waals surface area (Å²) in [5, 5.41) is 6.49. The number of fused-ring (bicyclic) bond motifs is 2. The van der Waals surface area contributed by atoms with Gasteiger partial charge >= 0.3 is 0 Å². The van der Waals surface area contributed by atoms with Gasteiger partial charge in [0.25, 0.3) is 0 Å². The average Bonchev–Trinajstić information content (AvgIpc) is 3.25. The van der Waals surface area contributed by atoms with E-state index in [4.69, 9.17) is 14.5 Å². The van der Waals surface area contributed by atoms with Crippen molar-refractivity contribution in [2.24, 2.45) is 0 Å². The molecule has 0 atom stereocenters. The smallest absolute Gasteiger partial charge is 0.238 e. The van der Waals surface area contributed by atoms with Crippen LogP contribution in [0, 0.1) is 0 Å². The van der Waals surface area contributed by atoms with Crippen molar-refractivity contribution in [3.63, 3.8) is 0 Å². The lowest BCUT2D eigenvalue weighted by Gasteiger charge is -2.22. The number of hydrogen-bond donors (Lipinski definition) is 2. The largest absolute Gasteiger partial charge is 0.493 e. The molecule has 0 aliphatic heterocycles. The molecule has 2 aliphatic rings. The molecule has 0 bridgehead atoms. The predicted octanol–water partition coefficient (Wildman–Crippen LogP) is 3.24. The van der Waals surface area contributed by atoms with E-state index < -0.39 is 0 Å². The fraction of sp³-hybridized carbons (Fsp3) is 0.500. The van der Waals surface area contributed by atoms with Crippen molar-refractivity contribution >= 4 is 11.6 Å². The summed E-state index contributed by atoms with van der Waals surface area (Å²) in [5.41, 5.74) is 7.17. The number of aromatic nitrogens is 1. The Morgan fingerprint density at radius 1 is 0.967 bits per heavy atom. The number of nitrogens with one attached hydrogen (secondary N) is 2. The second kappa shape index (κ2) is 9.47. The lowest BCUT2D eigenvalue weighted by Crippen LogP contribution is -2.30. The zero-order valence-electron chi connectivity index (χ0n) is 18.0. The zero-order valence-corrected chi connectivity index (χ0v) is 18.0. The molecular weight excluding hydrogens is 378 g/mol. The van der Waals surface area contributed by atoms with Crippen LogP contribution >= 0.6 is 0 Å². The molecule has 0 fully saturated rings. The van der Waals surface area contributed by atoms with Crippen LogP contribution in [0.5, 0.6) is 11.5 Å². The van der Waals surface area contributed by atoms with E-state index in [2.05, 4.69) is 10.6 Å². The summed E-state index contributed by atoms with van der Waals surface area (Å²) in [4.78, 5) is 17.6. The Balaban J connectivity index is 1.33. The number of hydrogen-bond acceptors (Lipinski definition) is 5. The normalized spacial score (nSPS) is 14.7. The van der Waals surface area contributed by atoms with Crippen molar-refractivity contribution in [3.05, 3.63) is 46.3 Å². The molecule has 0 radical (unpaired) electrons. The average molecular weight is 410 g/mol. The first kappa shape index (κ1) is 20.7. The third kappa shape index (κ3) is 4.43. The van der Waals surface area contributed by atoms with E-state index in [1.165, 1.54) is 35.4 Å². The van der Waals surface area contributed by atoms with Gasteiger partial charge in [-0.1, -0.05) is 6.07 Å². The molecule has 1 aromatic heterocycles. The van der Waals surface area contributed by atoms with Crippen molar-refractivity contribution < 1.29 is 14.3 Å². The van der Waals surface area contributed by atoms with Crippen LogP contribution < -0.4 is 20.1 Å². The first-order chi connectivity index (χ1) is 14.7. The Bertz CT molecular complexity index is 926. The summed E-state index contributed by atoms with van der Waals surface area (Å²) in [6.07, 6.45) is 8.45. The zero-order chi connectivity index (χ0) is 20.9. The number of amides is 1. The standard InChI is InChI=1S/C24H31N3O3/c1-29-21-11-10-16(14-22(21)30-2)12-13-25-15-23(28)27-24-17-6-3-4-8-19(17)26-20-9-5-7-18(20)24/h10-11,14,25H,3-9,12-13,15H2,1-2H3,(H,26,27,28). The second-order valence-electron chi connectivity index (χ2n) is 8.06. The van der Waals surface area contributed by atoms with Gasteiger partial charge in [0.2, 0.25) is 5.91 Å². The lowest BCUT2D eigenvalue weighted by molar-refractivity contribution is -0.115. The van der Waals surface area contributed by atoms with Crippen LogP contribution in [0.15, 0.2) is 18.2 Å². The van der Waals surface area contributed by atoms with Gasteiger partial charge in [-0.15, -0.1) is 0 Å². The number of aryl methyl sites for hydroxylation is 2.